The summed E-state index contributed by atoms with van der Waals surface area (Å²) in [6.45, 7) is 1.34. The number of carboxylic acids is 1. The minimum absolute atomic E-state index is 0.0845. The molecular formula is C26H25ClN4O4S. The minimum atomic E-state index is -3.80. The van der Waals surface area contributed by atoms with Crippen molar-refractivity contribution in [2.24, 2.45) is 0 Å². The number of aliphatic carboxylic acids is 1. The number of anilines is 1. The lowest BCUT2D eigenvalue weighted by atomic mass is 10.0. The Kier molecular flexibility index (Phi) is 9.13. The van der Waals surface area contributed by atoms with Crippen molar-refractivity contribution in [1.82, 2.24) is 14.3 Å². The van der Waals surface area contributed by atoms with Gasteiger partial charge in [-0.1, -0.05) is 54.1 Å². The van der Waals surface area contributed by atoms with Gasteiger partial charge in [-0.05, 0) is 53.1 Å². The summed E-state index contributed by atoms with van der Waals surface area (Å²) >= 11 is 5.97. The maximum absolute atomic E-state index is 13.4. The third-order valence-corrected chi connectivity index (χ3v) is 6.96. The standard InChI is InChI=1S/C24H21ClN4O2S.C2H4O2/c25-21-12-10-20(11-13-21)19-8-6-18(7-9-19)16-29(17-22-3-1-5-24(26)28-22)32(30,31)23-4-2-14-27-15-23;1-2(3)4/h1-15H,16-17H2,(H2,26,28);1H3,(H,3,4). The number of carboxylic acid groups (broad SMARTS) is 1. The van der Waals surface area contributed by atoms with Crippen molar-refractivity contribution >= 4 is 33.4 Å². The second-order valence-electron chi connectivity index (χ2n) is 7.74. The fourth-order valence-corrected chi connectivity index (χ4v) is 4.78. The van der Waals surface area contributed by atoms with Gasteiger partial charge in [0.25, 0.3) is 5.97 Å². The summed E-state index contributed by atoms with van der Waals surface area (Å²) in [6, 6.07) is 23.7. The number of nitrogens with two attached hydrogens (primary N) is 1. The molecule has 8 nitrogen and oxygen atoms in total. The summed E-state index contributed by atoms with van der Waals surface area (Å²) in [5.74, 6) is -0.492. The van der Waals surface area contributed by atoms with Gasteiger partial charge in [0, 0.05) is 30.9 Å². The molecule has 0 radical (unpaired) electrons. The summed E-state index contributed by atoms with van der Waals surface area (Å²) < 4.78 is 28.1. The van der Waals surface area contributed by atoms with Gasteiger partial charge in [-0.25, -0.2) is 13.4 Å². The van der Waals surface area contributed by atoms with Crippen LogP contribution in [-0.4, -0.2) is 33.8 Å². The van der Waals surface area contributed by atoms with Gasteiger partial charge in [0.2, 0.25) is 10.0 Å². The fraction of sp³-hybridized carbons (Fsp3) is 0.115. The molecular weight excluding hydrogens is 500 g/mol. The molecule has 10 heteroatoms. The van der Waals surface area contributed by atoms with Gasteiger partial charge in [-0.15, -0.1) is 0 Å². The molecule has 36 heavy (non-hydrogen) atoms. The number of rotatable bonds is 7. The third-order valence-electron chi connectivity index (χ3n) is 4.93. The molecule has 2 heterocycles. The lowest BCUT2D eigenvalue weighted by Gasteiger charge is -2.22. The van der Waals surface area contributed by atoms with Crippen LogP contribution >= 0.6 is 11.6 Å². The lowest BCUT2D eigenvalue weighted by Crippen LogP contribution is -2.30. The van der Waals surface area contributed by atoms with Crippen LogP contribution in [0, 0.1) is 0 Å². The van der Waals surface area contributed by atoms with E-state index in [4.69, 9.17) is 27.2 Å². The second-order valence-corrected chi connectivity index (χ2v) is 10.1. The molecule has 0 saturated carbocycles. The molecule has 0 amide bonds. The number of hydrogen-bond donors (Lipinski definition) is 2. The zero-order valence-corrected chi connectivity index (χ0v) is 21.0. The van der Waals surface area contributed by atoms with E-state index in [9.17, 15) is 8.42 Å². The first-order valence-corrected chi connectivity index (χ1v) is 12.6. The second kappa shape index (κ2) is 12.3. The van der Waals surface area contributed by atoms with Crippen molar-refractivity contribution in [1.29, 1.82) is 0 Å². The highest BCUT2D eigenvalue weighted by molar-refractivity contribution is 7.89. The predicted octanol–water partition coefficient (Wildman–Crippen LogP) is 4.86. The fourth-order valence-electron chi connectivity index (χ4n) is 3.29. The topological polar surface area (TPSA) is 126 Å². The number of nitrogen functional groups attached to an aromatic ring is 1. The van der Waals surface area contributed by atoms with Gasteiger partial charge in [0.05, 0.1) is 12.2 Å². The molecule has 0 spiro atoms. The van der Waals surface area contributed by atoms with Crippen molar-refractivity contribution in [3.63, 3.8) is 0 Å². The molecule has 4 rings (SSSR count). The molecule has 3 N–H and O–H groups in total. The average Bonchev–Trinajstić information content (AvgIpc) is 2.85. The lowest BCUT2D eigenvalue weighted by molar-refractivity contribution is -0.134. The Balaban J connectivity index is 0.000000840. The van der Waals surface area contributed by atoms with Crippen LogP contribution in [0.25, 0.3) is 11.1 Å². The first-order chi connectivity index (χ1) is 17.1. The van der Waals surface area contributed by atoms with Crippen molar-refractivity contribution in [2.45, 2.75) is 24.9 Å². The van der Waals surface area contributed by atoms with E-state index in [1.54, 1.807) is 24.3 Å². The molecule has 2 aromatic carbocycles. The van der Waals surface area contributed by atoms with Crippen LogP contribution in [0.3, 0.4) is 0 Å². The first kappa shape index (κ1) is 26.8. The van der Waals surface area contributed by atoms with E-state index in [1.165, 1.54) is 22.8 Å². The zero-order valence-electron chi connectivity index (χ0n) is 19.5. The Morgan fingerprint density at radius 1 is 0.944 bits per heavy atom. The van der Waals surface area contributed by atoms with Gasteiger partial charge in [0.15, 0.2) is 0 Å². The summed E-state index contributed by atoms with van der Waals surface area (Å²) in [4.78, 5) is 17.4. The van der Waals surface area contributed by atoms with Crippen molar-refractivity contribution in [3.05, 3.63) is 108 Å². The molecule has 4 aromatic rings. The minimum Gasteiger partial charge on any atom is -0.481 e. The number of nitrogens with zero attached hydrogens (tertiary/aromatic N) is 3. The van der Waals surface area contributed by atoms with Gasteiger partial charge < -0.3 is 10.8 Å². The summed E-state index contributed by atoms with van der Waals surface area (Å²) in [7, 11) is -3.80. The van der Waals surface area contributed by atoms with Crippen LogP contribution < -0.4 is 5.73 Å². The molecule has 0 unspecified atom stereocenters. The summed E-state index contributed by atoms with van der Waals surface area (Å²) in [5.41, 5.74) is 9.25. The quantitative estimate of drug-likeness (QED) is 0.353. The molecule has 0 aliphatic rings. The molecule has 2 aromatic heterocycles. The number of sulfonamides is 1. The first-order valence-electron chi connectivity index (χ1n) is 10.8. The van der Waals surface area contributed by atoms with Crippen LogP contribution in [0.5, 0.6) is 0 Å². The monoisotopic (exact) mass is 524 g/mol. The van der Waals surface area contributed by atoms with Crippen molar-refractivity contribution in [3.8, 4) is 11.1 Å². The number of aromatic nitrogens is 2. The predicted molar refractivity (Wildman–Crippen MR) is 140 cm³/mol. The Morgan fingerprint density at radius 3 is 2.11 bits per heavy atom. The zero-order chi connectivity index (χ0) is 26.1. The van der Waals surface area contributed by atoms with Gasteiger partial charge in [0.1, 0.15) is 10.7 Å². The van der Waals surface area contributed by atoms with Gasteiger partial charge >= 0.3 is 0 Å². The molecule has 0 aliphatic carbocycles. The van der Waals surface area contributed by atoms with E-state index in [2.05, 4.69) is 9.97 Å². The normalized spacial score (nSPS) is 11.0. The summed E-state index contributed by atoms with van der Waals surface area (Å²) in [6.07, 6.45) is 2.89. The highest BCUT2D eigenvalue weighted by Gasteiger charge is 2.25. The highest BCUT2D eigenvalue weighted by Crippen LogP contribution is 2.24. The maximum atomic E-state index is 13.4. The molecule has 0 atom stereocenters. The van der Waals surface area contributed by atoms with Crippen molar-refractivity contribution in [2.75, 3.05) is 5.73 Å². The number of halogens is 1. The van der Waals surface area contributed by atoms with Gasteiger partial charge in [-0.2, -0.15) is 4.31 Å². The maximum Gasteiger partial charge on any atom is 0.300 e. The van der Waals surface area contributed by atoms with Crippen LogP contribution in [0.15, 0.2) is 96.2 Å². The Labute approximate surface area is 215 Å². The Morgan fingerprint density at radius 2 is 1.56 bits per heavy atom. The number of benzene rings is 2. The van der Waals surface area contributed by atoms with E-state index in [-0.39, 0.29) is 18.0 Å². The van der Waals surface area contributed by atoms with E-state index in [0.717, 1.165) is 23.6 Å². The Bertz CT molecular complexity index is 1390. The Hall–Kier alpha value is -3.79. The SMILES string of the molecule is CC(=O)O.Nc1cccc(CN(Cc2ccc(-c3ccc(Cl)cc3)cc2)S(=O)(=O)c2cccnc2)n1. The largest absolute Gasteiger partial charge is 0.481 e. The molecule has 0 saturated heterocycles. The number of carbonyl (C=O) groups is 1. The number of hydrogen-bond acceptors (Lipinski definition) is 6. The van der Waals surface area contributed by atoms with E-state index in [1.807, 2.05) is 48.5 Å². The van der Waals surface area contributed by atoms with Crippen LogP contribution in [0.1, 0.15) is 18.2 Å². The molecule has 0 bridgehead atoms. The van der Waals surface area contributed by atoms with Gasteiger partial charge in [-0.3, -0.25) is 9.78 Å². The molecule has 0 aliphatic heterocycles. The summed E-state index contributed by atoms with van der Waals surface area (Å²) in [5, 5.41) is 8.09. The van der Waals surface area contributed by atoms with Crippen LogP contribution in [-0.2, 0) is 27.9 Å². The number of pyridine rings is 2. The van der Waals surface area contributed by atoms with E-state index < -0.39 is 16.0 Å². The van der Waals surface area contributed by atoms with Crippen LogP contribution in [0.2, 0.25) is 5.02 Å². The van der Waals surface area contributed by atoms with Crippen molar-refractivity contribution < 1.29 is 18.3 Å². The average molecular weight is 525 g/mol. The third kappa shape index (κ3) is 7.61. The van der Waals surface area contributed by atoms with E-state index >= 15 is 0 Å². The van der Waals surface area contributed by atoms with E-state index in [0.29, 0.717) is 16.5 Å². The molecule has 186 valence electrons. The molecule has 0 fully saturated rings. The smallest absolute Gasteiger partial charge is 0.300 e. The highest BCUT2D eigenvalue weighted by atomic mass is 35.5. The van der Waals surface area contributed by atoms with Crippen LogP contribution in [0.4, 0.5) is 5.82 Å².